The minimum Gasteiger partial charge on any atom is -0.495 e. The van der Waals surface area contributed by atoms with Crippen LogP contribution in [0.4, 0.5) is 11.4 Å². The minimum atomic E-state index is -0.547. The van der Waals surface area contributed by atoms with E-state index in [1.165, 1.54) is 36.2 Å². The van der Waals surface area contributed by atoms with E-state index in [1.54, 1.807) is 7.05 Å². The SMILES string of the molecule is COc1ccc([N+](=O)[O-])cc1NC(=O)c1c(Br)cnn1C. The molecule has 9 heteroatoms. The summed E-state index contributed by atoms with van der Waals surface area (Å²) < 4.78 is 7.00. The van der Waals surface area contributed by atoms with Crippen LogP contribution in [0.5, 0.6) is 5.75 Å². The summed E-state index contributed by atoms with van der Waals surface area (Å²) in [7, 11) is 3.03. The second-order valence-corrected chi connectivity index (χ2v) is 4.91. The van der Waals surface area contributed by atoms with Crippen molar-refractivity contribution in [1.82, 2.24) is 9.78 Å². The number of amides is 1. The van der Waals surface area contributed by atoms with Crippen LogP contribution >= 0.6 is 15.9 Å². The second kappa shape index (κ2) is 5.92. The van der Waals surface area contributed by atoms with Crippen LogP contribution in [-0.2, 0) is 7.05 Å². The third-order valence-corrected chi connectivity index (χ3v) is 3.33. The molecule has 0 saturated heterocycles. The number of hydrogen-bond acceptors (Lipinski definition) is 5. The number of rotatable bonds is 4. The zero-order chi connectivity index (χ0) is 15.6. The molecule has 2 aromatic rings. The summed E-state index contributed by atoms with van der Waals surface area (Å²) in [5.41, 5.74) is 0.364. The molecule has 0 atom stereocenters. The van der Waals surface area contributed by atoms with E-state index in [1.807, 2.05) is 0 Å². The van der Waals surface area contributed by atoms with E-state index in [-0.39, 0.29) is 11.4 Å². The number of anilines is 1. The van der Waals surface area contributed by atoms with Gasteiger partial charge in [-0.3, -0.25) is 19.6 Å². The van der Waals surface area contributed by atoms with Gasteiger partial charge in [0.05, 0.1) is 28.4 Å². The van der Waals surface area contributed by atoms with Crippen molar-refractivity contribution in [2.24, 2.45) is 7.05 Å². The van der Waals surface area contributed by atoms with Gasteiger partial charge in [-0.1, -0.05) is 0 Å². The first-order valence-electron chi connectivity index (χ1n) is 5.75. The highest BCUT2D eigenvalue weighted by Gasteiger charge is 2.19. The summed E-state index contributed by atoms with van der Waals surface area (Å²) in [6.45, 7) is 0. The largest absolute Gasteiger partial charge is 0.495 e. The van der Waals surface area contributed by atoms with Gasteiger partial charge in [-0.2, -0.15) is 5.10 Å². The first-order chi connectivity index (χ1) is 9.93. The Morgan fingerprint density at radius 1 is 1.52 bits per heavy atom. The van der Waals surface area contributed by atoms with Gasteiger partial charge in [0.1, 0.15) is 11.4 Å². The fourth-order valence-corrected chi connectivity index (χ4v) is 2.28. The maximum Gasteiger partial charge on any atom is 0.275 e. The van der Waals surface area contributed by atoms with Crippen LogP contribution in [-0.4, -0.2) is 27.7 Å². The molecule has 0 fully saturated rings. The van der Waals surface area contributed by atoms with Crippen LogP contribution < -0.4 is 10.1 Å². The number of non-ortho nitro benzene ring substituents is 1. The maximum atomic E-state index is 12.2. The monoisotopic (exact) mass is 354 g/mol. The lowest BCUT2D eigenvalue weighted by Crippen LogP contribution is -2.17. The Hall–Kier alpha value is -2.42. The number of nitrogens with zero attached hydrogens (tertiary/aromatic N) is 3. The van der Waals surface area contributed by atoms with Gasteiger partial charge >= 0.3 is 0 Å². The average Bonchev–Trinajstić information content (AvgIpc) is 2.78. The molecule has 0 unspecified atom stereocenters. The van der Waals surface area contributed by atoms with E-state index in [0.717, 1.165) is 0 Å². The first kappa shape index (κ1) is 15.0. The number of aryl methyl sites for hydroxylation is 1. The Bertz CT molecular complexity index is 694. The topological polar surface area (TPSA) is 99.3 Å². The highest BCUT2D eigenvalue weighted by atomic mass is 79.9. The van der Waals surface area contributed by atoms with Gasteiger partial charge in [-0.05, 0) is 22.0 Å². The Morgan fingerprint density at radius 3 is 2.76 bits per heavy atom. The molecule has 8 nitrogen and oxygen atoms in total. The quantitative estimate of drug-likeness (QED) is 0.670. The number of methoxy groups -OCH3 is 1. The standard InChI is InChI=1S/C12H11BrN4O4/c1-16-11(8(13)6-14-16)12(18)15-9-5-7(17(19)20)3-4-10(9)21-2/h3-6H,1-2H3,(H,15,18). The second-order valence-electron chi connectivity index (χ2n) is 4.06. The lowest BCUT2D eigenvalue weighted by molar-refractivity contribution is -0.384. The van der Waals surface area contributed by atoms with E-state index >= 15 is 0 Å². The molecule has 1 aromatic heterocycles. The summed E-state index contributed by atoms with van der Waals surface area (Å²) in [5.74, 6) is -0.132. The van der Waals surface area contributed by atoms with Crippen LogP contribution in [0.3, 0.4) is 0 Å². The van der Waals surface area contributed by atoms with Gasteiger partial charge in [0.25, 0.3) is 11.6 Å². The molecule has 110 valence electrons. The van der Waals surface area contributed by atoms with Crippen LogP contribution in [0.1, 0.15) is 10.5 Å². The molecule has 1 heterocycles. The lowest BCUT2D eigenvalue weighted by Gasteiger charge is -2.10. The lowest BCUT2D eigenvalue weighted by atomic mass is 10.2. The molecule has 0 bridgehead atoms. The van der Waals surface area contributed by atoms with Gasteiger partial charge in [0, 0.05) is 19.2 Å². The summed E-state index contributed by atoms with van der Waals surface area (Å²) in [6, 6.07) is 3.96. The fraction of sp³-hybridized carbons (Fsp3) is 0.167. The molecule has 0 aliphatic heterocycles. The Morgan fingerprint density at radius 2 is 2.24 bits per heavy atom. The highest BCUT2D eigenvalue weighted by molar-refractivity contribution is 9.10. The van der Waals surface area contributed by atoms with Crippen molar-refractivity contribution in [2.75, 3.05) is 12.4 Å². The zero-order valence-corrected chi connectivity index (χ0v) is 12.7. The maximum absolute atomic E-state index is 12.2. The van der Waals surface area contributed by atoms with Crippen LogP contribution in [0.2, 0.25) is 0 Å². The van der Waals surface area contributed by atoms with Crippen molar-refractivity contribution in [3.63, 3.8) is 0 Å². The predicted octanol–water partition coefficient (Wildman–Crippen LogP) is 2.35. The van der Waals surface area contributed by atoms with Crippen LogP contribution in [0.15, 0.2) is 28.9 Å². The minimum absolute atomic E-state index is 0.143. The van der Waals surface area contributed by atoms with Gasteiger partial charge in [0.15, 0.2) is 0 Å². The number of hydrogen-bond donors (Lipinski definition) is 1. The first-order valence-corrected chi connectivity index (χ1v) is 6.54. The predicted molar refractivity (Wildman–Crippen MR) is 78.5 cm³/mol. The van der Waals surface area contributed by atoms with Crippen molar-refractivity contribution >= 4 is 33.2 Å². The summed E-state index contributed by atoms with van der Waals surface area (Å²) >= 11 is 3.22. The number of aromatic nitrogens is 2. The van der Waals surface area contributed by atoms with Crippen LogP contribution in [0.25, 0.3) is 0 Å². The molecule has 1 N–H and O–H groups in total. The molecule has 0 saturated carbocycles. The normalized spacial score (nSPS) is 10.2. The van der Waals surface area contributed by atoms with E-state index in [2.05, 4.69) is 26.3 Å². The van der Waals surface area contributed by atoms with Crippen molar-refractivity contribution in [1.29, 1.82) is 0 Å². The number of carbonyl (C=O) groups is 1. The molecule has 1 aromatic carbocycles. The third-order valence-electron chi connectivity index (χ3n) is 2.75. The van der Waals surface area contributed by atoms with Crippen molar-refractivity contribution in [3.8, 4) is 5.75 Å². The Kier molecular flexibility index (Phi) is 4.22. The average molecular weight is 355 g/mol. The summed E-state index contributed by atoms with van der Waals surface area (Å²) in [5, 5.41) is 17.3. The zero-order valence-electron chi connectivity index (χ0n) is 11.2. The van der Waals surface area contributed by atoms with Crippen molar-refractivity contribution < 1.29 is 14.5 Å². The molecule has 0 spiro atoms. The number of nitro groups is 1. The molecule has 21 heavy (non-hydrogen) atoms. The molecule has 0 radical (unpaired) electrons. The number of nitro benzene ring substituents is 1. The van der Waals surface area contributed by atoms with E-state index < -0.39 is 10.8 Å². The fourth-order valence-electron chi connectivity index (χ4n) is 1.75. The highest BCUT2D eigenvalue weighted by Crippen LogP contribution is 2.29. The van der Waals surface area contributed by atoms with Gasteiger partial charge in [0.2, 0.25) is 0 Å². The number of halogens is 1. The smallest absolute Gasteiger partial charge is 0.275 e. The van der Waals surface area contributed by atoms with Crippen LogP contribution in [0, 0.1) is 10.1 Å². The number of benzene rings is 1. The van der Waals surface area contributed by atoms with Crippen molar-refractivity contribution in [2.45, 2.75) is 0 Å². The molecular formula is C12H11BrN4O4. The van der Waals surface area contributed by atoms with E-state index in [0.29, 0.717) is 15.9 Å². The Labute approximate surface area is 128 Å². The molecule has 1 amide bonds. The molecule has 0 aliphatic rings. The van der Waals surface area contributed by atoms with E-state index in [9.17, 15) is 14.9 Å². The van der Waals surface area contributed by atoms with Gasteiger partial charge in [-0.25, -0.2) is 0 Å². The Balaban J connectivity index is 2.36. The van der Waals surface area contributed by atoms with Gasteiger partial charge in [-0.15, -0.1) is 0 Å². The molecular weight excluding hydrogens is 344 g/mol. The summed E-state index contributed by atoms with van der Waals surface area (Å²) in [4.78, 5) is 22.5. The van der Waals surface area contributed by atoms with Crippen molar-refractivity contribution in [3.05, 3.63) is 44.7 Å². The third kappa shape index (κ3) is 3.02. The number of carbonyl (C=O) groups excluding carboxylic acids is 1. The molecule has 0 aliphatic carbocycles. The van der Waals surface area contributed by atoms with E-state index in [4.69, 9.17) is 4.74 Å². The summed E-state index contributed by atoms with van der Waals surface area (Å²) in [6.07, 6.45) is 1.49. The number of ether oxygens (including phenoxy) is 1. The van der Waals surface area contributed by atoms with Gasteiger partial charge < -0.3 is 10.1 Å². The molecule has 2 rings (SSSR count). The number of nitrogens with one attached hydrogen (secondary N) is 1.